The molecule has 21 heavy (non-hydrogen) atoms. The second kappa shape index (κ2) is 8.37. The second-order valence-corrected chi connectivity index (χ2v) is 5.55. The van der Waals surface area contributed by atoms with Crippen molar-refractivity contribution in [2.24, 2.45) is 10.7 Å². The Morgan fingerprint density at radius 3 is 2.57 bits per heavy atom. The third-order valence-corrected chi connectivity index (χ3v) is 3.96. The van der Waals surface area contributed by atoms with Crippen LogP contribution in [-0.2, 0) is 12.2 Å². The molecule has 0 bridgehead atoms. The van der Waals surface area contributed by atoms with Crippen molar-refractivity contribution in [2.45, 2.75) is 12.2 Å². The van der Waals surface area contributed by atoms with Gasteiger partial charge in [-0.3, -0.25) is 4.99 Å². The van der Waals surface area contributed by atoms with Crippen molar-refractivity contribution in [3.63, 3.8) is 0 Å². The van der Waals surface area contributed by atoms with Gasteiger partial charge in [-0.05, 0) is 18.1 Å². The number of para-hydroxylation sites is 1. The molecular weight excluding hydrogens is 280 g/mol. The van der Waals surface area contributed by atoms with E-state index in [2.05, 4.69) is 17.1 Å². The lowest BCUT2D eigenvalue weighted by molar-refractivity contribution is 0.411. The number of thioether (sulfide) groups is 1. The molecule has 2 rings (SSSR count). The van der Waals surface area contributed by atoms with Gasteiger partial charge in [-0.15, -0.1) is 0 Å². The fourth-order valence-corrected chi connectivity index (χ4v) is 2.68. The van der Waals surface area contributed by atoms with E-state index in [-0.39, 0.29) is 0 Å². The molecule has 0 spiro atoms. The van der Waals surface area contributed by atoms with Crippen molar-refractivity contribution in [3.05, 3.63) is 65.7 Å². The van der Waals surface area contributed by atoms with E-state index in [1.807, 2.05) is 42.5 Å². The molecule has 2 aromatic carbocycles. The van der Waals surface area contributed by atoms with E-state index in [0.717, 1.165) is 30.0 Å². The zero-order chi connectivity index (χ0) is 14.9. The lowest BCUT2D eigenvalue weighted by atomic mass is 10.2. The van der Waals surface area contributed by atoms with Crippen LogP contribution in [0.1, 0.15) is 11.1 Å². The van der Waals surface area contributed by atoms with Crippen molar-refractivity contribution in [1.29, 1.82) is 0 Å². The minimum absolute atomic E-state index is 0.622. The highest BCUT2D eigenvalue weighted by atomic mass is 32.2. The van der Waals surface area contributed by atoms with Gasteiger partial charge in [-0.1, -0.05) is 60.3 Å². The molecule has 0 aliphatic rings. The van der Waals surface area contributed by atoms with Gasteiger partial charge in [0.25, 0.3) is 0 Å². The summed E-state index contributed by atoms with van der Waals surface area (Å²) in [6, 6.07) is 18.3. The maximum absolute atomic E-state index is 5.95. The number of amidine groups is 1. The first-order valence-electron chi connectivity index (χ1n) is 6.88. The first kappa shape index (κ1) is 15.4. The number of methoxy groups -OCH3 is 1. The average Bonchev–Trinajstić information content (AvgIpc) is 2.54. The lowest BCUT2D eigenvalue weighted by Crippen LogP contribution is -2.08. The Morgan fingerprint density at radius 2 is 1.81 bits per heavy atom. The number of hydrogen-bond acceptors (Lipinski definition) is 3. The molecule has 0 saturated heterocycles. The van der Waals surface area contributed by atoms with Gasteiger partial charge in [0.2, 0.25) is 0 Å². The van der Waals surface area contributed by atoms with Gasteiger partial charge < -0.3 is 10.5 Å². The van der Waals surface area contributed by atoms with E-state index in [9.17, 15) is 0 Å². The fraction of sp³-hybridized carbons (Fsp3) is 0.235. The summed E-state index contributed by atoms with van der Waals surface area (Å²) in [5.74, 6) is 1.66. The van der Waals surface area contributed by atoms with Gasteiger partial charge in [0.1, 0.15) is 5.75 Å². The molecule has 0 unspecified atom stereocenters. The average molecular weight is 300 g/mol. The van der Waals surface area contributed by atoms with E-state index in [1.54, 1.807) is 18.9 Å². The Balaban J connectivity index is 1.81. The number of benzene rings is 2. The highest BCUT2D eigenvalue weighted by molar-refractivity contribution is 8.13. The Labute approximate surface area is 130 Å². The lowest BCUT2D eigenvalue weighted by Gasteiger charge is -2.07. The molecular formula is C17H20N2OS. The molecule has 0 amide bonds. The summed E-state index contributed by atoms with van der Waals surface area (Å²) in [6.07, 6.45) is 0.913. The van der Waals surface area contributed by atoms with Crippen molar-refractivity contribution >= 4 is 16.9 Å². The largest absolute Gasteiger partial charge is 0.496 e. The minimum atomic E-state index is 0.622. The second-order valence-electron chi connectivity index (χ2n) is 4.56. The first-order valence-corrected chi connectivity index (χ1v) is 7.86. The molecule has 0 atom stereocenters. The van der Waals surface area contributed by atoms with Crippen molar-refractivity contribution in [3.8, 4) is 5.75 Å². The van der Waals surface area contributed by atoms with E-state index in [0.29, 0.717) is 5.17 Å². The summed E-state index contributed by atoms with van der Waals surface area (Å²) in [6.45, 7) is 0.717. The van der Waals surface area contributed by atoms with E-state index in [4.69, 9.17) is 10.5 Å². The van der Waals surface area contributed by atoms with Crippen LogP contribution in [0.15, 0.2) is 59.6 Å². The van der Waals surface area contributed by atoms with E-state index in [1.165, 1.54) is 5.56 Å². The van der Waals surface area contributed by atoms with Crippen LogP contribution in [0.25, 0.3) is 0 Å². The highest BCUT2D eigenvalue weighted by Gasteiger charge is 2.03. The van der Waals surface area contributed by atoms with Crippen LogP contribution < -0.4 is 10.5 Å². The van der Waals surface area contributed by atoms with Crippen LogP contribution in [0.3, 0.4) is 0 Å². The highest BCUT2D eigenvalue weighted by Crippen LogP contribution is 2.22. The molecule has 3 nitrogen and oxygen atoms in total. The Kier molecular flexibility index (Phi) is 6.16. The molecule has 0 heterocycles. The minimum Gasteiger partial charge on any atom is -0.496 e. The van der Waals surface area contributed by atoms with Gasteiger partial charge >= 0.3 is 0 Å². The van der Waals surface area contributed by atoms with Crippen LogP contribution in [0.4, 0.5) is 0 Å². The summed E-state index contributed by atoms with van der Waals surface area (Å²) < 4.78 is 5.32. The third-order valence-electron chi connectivity index (χ3n) is 3.08. The molecule has 2 N–H and O–H groups in total. The van der Waals surface area contributed by atoms with Crippen LogP contribution in [0, 0.1) is 0 Å². The molecule has 0 saturated carbocycles. The predicted molar refractivity (Wildman–Crippen MR) is 90.9 cm³/mol. The maximum Gasteiger partial charge on any atom is 0.154 e. The van der Waals surface area contributed by atoms with E-state index >= 15 is 0 Å². The molecule has 0 aliphatic heterocycles. The SMILES string of the molecule is COc1ccccc1CSC(N)=NCCc1ccccc1. The van der Waals surface area contributed by atoms with Crippen molar-refractivity contribution in [1.82, 2.24) is 0 Å². The number of ether oxygens (including phenoxy) is 1. The number of aliphatic imine (C=N–C) groups is 1. The zero-order valence-electron chi connectivity index (χ0n) is 12.2. The van der Waals surface area contributed by atoms with Crippen LogP contribution in [0.2, 0.25) is 0 Å². The monoisotopic (exact) mass is 300 g/mol. The summed E-state index contributed by atoms with van der Waals surface area (Å²) >= 11 is 1.54. The number of rotatable bonds is 6. The van der Waals surface area contributed by atoms with Gasteiger partial charge in [0.05, 0.1) is 7.11 Å². The maximum atomic E-state index is 5.95. The number of hydrogen-bond donors (Lipinski definition) is 1. The summed E-state index contributed by atoms with van der Waals surface area (Å²) in [7, 11) is 1.68. The van der Waals surface area contributed by atoms with Crippen LogP contribution in [0.5, 0.6) is 5.75 Å². The summed E-state index contributed by atoms with van der Waals surface area (Å²) in [5, 5.41) is 0.622. The van der Waals surface area contributed by atoms with Gasteiger partial charge in [0, 0.05) is 17.9 Å². The summed E-state index contributed by atoms with van der Waals surface area (Å²) in [5.41, 5.74) is 8.36. The molecule has 0 fully saturated rings. The zero-order valence-corrected chi connectivity index (χ0v) is 13.0. The first-order chi connectivity index (χ1) is 10.3. The predicted octanol–water partition coefficient (Wildman–Crippen LogP) is 3.49. The summed E-state index contributed by atoms with van der Waals surface area (Å²) in [4.78, 5) is 4.41. The Morgan fingerprint density at radius 1 is 1.10 bits per heavy atom. The normalized spacial score (nSPS) is 11.4. The topological polar surface area (TPSA) is 47.6 Å². The fourth-order valence-electron chi connectivity index (χ4n) is 1.96. The van der Waals surface area contributed by atoms with Gasteiger partial charge in [-0.2, -0.15) is 0 Å². The Bertz CT molecular complexity index is 584. The standard InChI is InChI=1S/C17H20N2OS/c1-20-16-10-6-5-9-15(16)13-21-17(18)19-12-11-14-7-3-2-4-8-14/h2-10H,11-13H2,1H3,(H2,18,19). The van der Waals surface area contributed by atoms with Gasteiger partial charge in [0.15, 0.2) is 5.17 Å². The molecule has 0 radical (unpaired) electrons. The van der Waals surface area contributed by atoms with Crippen molar-refractivity contribution < 1.29 is 4.74 Å². The van der Waals surface area contributed by atoms with Gasteiger partial charge in [-0.25, -0.2) is 0 Å². The molecule has 2 aromatic rings. The number of nitrogens with zero attached hydrogens (tertiary/aromatic N) is 1. The quantitative estimate of drug-likeness (QED) is 0.656. The molecule has 4 heteroatoms. The van der Waals surface area contributed by atoms with Crippen LogP contribution >= 0.6 is 11.8 Å². The van der Waals surface area contributed by atoms with E-state index < -0.39 is 0 Å². The smallest absolute Gasteiger partial charge is 0.154 e. The molecule has 0 aliphatic carbocycles. The van der Waals surface area contributed by atoms with Crippen molar-refractivity contribution in [2.75, 3.05) is 13.7 Å². The third kappa shape index (κ3) is 5.16. The molecule has 110 valence electrons. The van der Waals surface area contributed by atoms with Crippen LogP contribution in [-0.4, -0.2) is 18.8 Å². The molecule has 0 aromatic heterocycles. The number of nitrogens with two attached hydrogens (primary N) is 1. The Hall–Kier alpha value is -1.94.